The number of aromatic amines is 1. The van der Waals surface area contributed by atoms with Crippen molar-refractivity contribution in [1.82, 2.24) is 9.97 Å². The summed E-state index contributed by atoms with van der Waals surface area (Å²) in [5.41, 5.74) is 14.6. The third kappa shape index (κ3) is 0.887. The number of nitrogens with zero attached hydrogens (tertiary/aromatic N) is 1. The van der Waals surface area contributed by atoms with Crippen molar-refractivity contribution < 1.29 is 0 Å². The molecule has 0 atom stereocenters. The number of H-pyrrole nitrogens is 1. The first-order valence-corrected chi connectivity index (χ1v) is 3.68. The van der Waals surface area contributed by atoms with Gasteiger partial charge in [0.1, 0.15) is 5.52 Å². The Morgan fingerprint density at radius 3 is 2.83 bits per heavy atom. The maximum atomic E-state index is 5.73. The lowest BCUT2D eigenvalue weighted by Crippen LogP contribution is -1.88. The van der Waals surface area contributed by atoms with E-state index in [9.17, 15) is 0 Å². The molecule has 5 N–H and O–H groups in total. The Bertz CT molecular complexity index is 430. The van der Waals surface area contributed by atoms with Crippen molar-refractivity contribution in [3.63, 3.8) is 0 Å². The zero-order chi connectivity index (χ0) is 8.72. The van der Waals surface area contributed by atoms with E-state index in [1.165, 1.54) is 0 Å². The van der Waals surface area contributed by atoms with Crippen molar-refractivity contribution in [2.45, 2.75) is 6.92 Å². The molecule has 0 aliphatic carbocycles. The number of anilines is 2. The largest absolute Gasteiger partial charge is 0.397 e. The topological polar surface area (TPSA) is 80.7 Å². The molecular formula is C8H10N4. The molecule has 2 rings (SSSR count). The molecule has 0 spiro atoms. The van der Waals surface area contributed by atoms with Gasteiger partial charge in [0, 0.05) is 0 Å². The number of fused-ring (bicyclic) bond motifs is 1. The van der Waals surface area contributed by atoms with Gasteiger partial charge in [-0.15, -0.1) is 0 Å². The van der Waals surface area contributed by atoms with E-state index in [2.05, 4.69) is 9.97 Å². The van der Waals surface area contributed by atoms with Crippen LogP contribution in [-0.2, 0) is 0 Å². The molecule has 12 heavy (non-hydrogen) atoms. The van der Waals surface area contributed by atoms with Gasteiger partial charge in [0.2, 0.25) is 0 Å². The molecule has 0 saturated carbocycles. The third-order valence-corrected chi connectivity index (χ3v) is 1.78. The highest BCUT2D eigenvalue weighted by atomic mass is 15.0. The third-order valence-electron chi connectivity index (χ3n) is 1.78. The molecular weight excluding hydrogens is 152 g/mol. The maximum Gasteiger partial charge on any atom is 0.198 e. The fourth-order valence-electron chi connectivity index (χ4n) is 1.31. The second kappa shape index (κ2) is 2.14. The molecule has 2 aromatic rings. The smallest absolute Gasteiger partial charge is 0.198 e. The fraction of sp³-hybridized carbons (Fsp3) is 0.125. The van der Waals surface area contributed by atoms with Crippen molar-refractivity contribution in [3.8, 4) is 0 Å². The molecule has 0 fully saturated rings. The number of rotatable bonds is 0. The summed E-state index contributed by atoms with van der Waals surface area (Å²) in [6, 6.07) is 3.84. The summed E-state index contributed by atoms with van der Waals surface area (Å²) in [4.78, 5) is 6.98. The van der Waals surface area contributed by atoms with Crippen molar-refractivity contribution in [1.29, 1.82) is 0 Å². The molecule has 1 heterocycles. The summed E-state index contributed by atoms with van der Waals surface area (Å²) >= 11 is 0. The van der Waals surface area contributed by atoms with Crippen molar-refractivity contribution >= 4 is 22.7 Å². The van der Waals surface area contributed by atoms with Crippen LogP contribution in [0.3, 0.4) is 0 Å². The van der Waals surface area contributed by atoms with E-state index in [0.717, 1.165) is 16.6 Å². The predicted molar refractivity (Wildman–Crippen MR) is 49.7 cm³/mol. The number of benzene rings is 1. The van der Waals surface area contributed by atoms with Crippen LogP contribution >= 0.6 is 0 Å². The minimum Gasteiger partial charge on any atom is -0.397 e. The summed E-state index contributed by atoms with van der Waals surface area (Å²) in [5.74, 6) is 0.405. The highest BCUT2D eigenvalue weighted by molar-refractivity contribution is 5.89. The van der Waals surface area contributed by atoms with Crippen LogP contribution in [0.1, 0.15) is 5.56 Å². The lowest BCUT2D eigenvalue weighted by Gasteiger charge is -1.95. The minimum atomic E-state index is 0.405. The van der Waals surface area contributed by atoms with E-state index in [1.54, 1.807) is 0 Å². The van der Waals surface area contributed by atoms with Gasteiger partial charge in [0.25, 0.3) is 0 Å². The zero-order valence-electron chi connectivity index (χ0n) is 6.76. The second-order valence-corrected chi connectivity index (χ2v) is 2.87. The van der Waals surface area contributed by atoms with Crippen LogP contribution in [0.2, 0.25) is 0 Å². The van der Waals surface area contributed by atoms with E-state index in [1.807, 2.05) is 19.1 Å². The van der Waals surface area contributed by atoms with Gasteiger partial charge in [0.15, 0.2) is 5.95 Å². The van der Waals surface area contributed by atoms with E-state index in [4.69, 9.17) is 11.5 Å². The molecule has 0 amide bonds. The Morgan fingerprint density at radius 2 is 2.08 bits per heavy atom. The number of nitrogens with two attached hydrogens (primary N) is 2. The normalized spacial score (nSPS) is 10.8. The lowest BCUT2D eigenvalue weighted by atomic mass is 10.2. The predicted octanol–water partition coefficient (Wildman–Crippen LogP) is 1.04. The van der Waals surface area contributed by atoms with Gasteiger partial charge in [0.05, 0.1) is 11.2 Å². The number of imidazole rings is 1. The number of aryl methyl sites for hydroxylation is 1. The molecule has 0 saturated heterocycles. The molecule has 0 aliphatic rings. The Labute approximate surface area is 69.6 Å². The fourth-order valence-corrected chi connectivity index (χ4v) is 1.31. The Kier molecular flexibility index (Phi) is 1.24. The SMILES string of the molecule is Cc1cc(N)c2nc(N)[nH]c2c1. The number of nitrogen functional groups attached to an aromatic ring is 2. The molecule has 0 aliphatic heterocycles. The van der Waals surface area contributed by atoms with Gasteiger partial charge < -0.3 is 16.5 Å². The highest BCUT2D eigenvalue weighted by Crippen LogP contribution is 2.20. The van der Waals surface area contributed by atoms with E-state index < -0.39 is 0 Å². The molecule has 62 valence electrons. The van der Waals surface area contributed by atoms with Gasteiger partial charge >= 0.3 is 0 Å². The Hall–Kier alpha value is -1.71. The summed E-state index contributed by atoms with van der Waals surface area (Å²) in [6.07, 6.45) is 0. The van der Waals surface area contributed by atoms with Crippen molar-refractivity contribution in [3.05, 3.63) is 17.7 Å². The molecule has 0 bridgehead atoms. The average molecular weight is 162 g/mol. The number of nitrogens with one attached hydrogen (secondary N) is 1. The highest BCUT2D eigenvalue weighted by Gasteiger charge is 2.03. The summed E-state index contributed by atoms with van der Waals surface area (Å²) in [5, 5.41) is 0. The standard InChI is InChI=1S/C8H10N4/c1-4-2-5(9)7-6(3-4)11-8(10)12-7/h2-3H,9H2,1H3,(H3,10,11,12). The van der Waals surface area contributed by atoms with E-state index >= 15 is 0 Å². The minimum absolute atomic E-state index is 0.405. The summed E-state index contributed by atoms with van der Waals surface area (Å²) < 4.78 is 0. The first-order valence-electron chi connectivity index (χ1n) is 3.68. The first kappa shape index (κ1) is 6.97. The molecule has 0 radical (unpaired) electrons. The van der Waals surface area contributed by atoms with Crippen LogP contribution in [0.25, 0.3) is 11.0 Å². The van der Waals surface area contributed by atoms with Crippen LogP contribution in [0.5, 0.6) is 0 Å². The molecule has 1 aromatic carbocycles. The van der Waals surface area contributed by atoms with Gasteiger partial charge in [-0.2, -0.15) is 0 Å². The van der Waals surface area contributed by atoms with Crippen LogP contribution in [-0.4, -0.2) is 9.97 Å². The summed E-state index contributed by atoms with van der Waals surface area (Å²) in [7, 11) is 0. The Balaban J connectivity index is 2.88. The quantitative estimate of drug-likeness (QED) is 0.506. The monoisotopic (exact) mass is 162 g/mol. The van der Waals surface area contributed by atoms with Gasteiger partial charge in [-0.05, 0) is 24.6 Å². The second-order valence-electron chi connectivity index (χ2n) is 2.87. The molecule has 4 heteroatoms. The van der Waals surface area contributed by atoms with Gasteiger partial charge in [-0.25, -0.2) is 4.98 Å². The molecule has 4 nitrogen and oxygen atoms in total. The van der Waals surface area contributed by atoms with Crippen LogP contribution in [0.15, 0.2) is 12.1 Å². The molecule has 0 unspecified atom stereocenters. The number of hydrogen-bond donors (Lipinski definition) is 3. The van der Waals surface area contributed by atoms with E-state index in [0.29, 0.717) is 11.6 Å². The van der Waals surface area contributed by atoms with Crippen LogP contribution in [0.4, 0.5) is 11.6 Å². The van der Waals surface area contributed by atoms with Crippen molar-refractivity contribution in [2.75, 3.05) is 11.5 Å². The Morgan fingerprint density at radius 1 is 1.33 bits per heavy atom. The van der Waals surface area contributed by atoms with Gasteiger partial charge in [-0.3, -0.25) is 0 Å². The van der Waals surface area contributed by atoms with Gasteiger partial charge in [-0.1, -0.05) is 0 Å². The van der Waals surface area contributed by atoms with Crippen molar-refractivity contribution in [2.24, 2.45) is 0 Å². The first-order chi connectivity index (χ1) is 5.66. The number of hydrogen-bond acceptors (Lipinski definition) is 3. The summed E-state index contributed by atoms with van der Waals surface area (Å²) in [6.45, 7) is 1.98. The molecule has 1 aromatic heterocycles. The number of aromatic nitrogens is 2. The van der Waals surface area contributed by atoms with Crippen LogP contribution < -0.4 is 11.5 Å². The zero-order valence-corrected chi connectivity index (χ0v) is 6.76. The lowest BCUT2D eigenvalue weighted by molar-refractivity contribution is 1.35. The average Bonchev–Trinajstić information content (AvgIpc) is 2.29. The maximum absolute atomic E-state index is 5.73. The van der Waals surface area contributed by atoms with Crippen LogP contribution in [0, 0.1) is 6.92 Å². The van der Waals surface area contributed by atoms with E-state index in [-0.39, 0.29) is 0 Å².